The number of carbonyl (C=O) groups is 1. The predicted octanol–water partition coefficient (Wildman–Crippen LogP) is 3.93. The Bertz CT molecular complexity index is 700. The van der Waals surface area contributed by atoms with E-state index in [-0.39, 0.29) is 23.8 Å². The lowest BCUT2D eigenvalue weighted by Gasteiger charge is -2.07. The van der Waals surface area contributed by atoms with Gasteiger partial charge in [0.25, 0.3) is 0 Å². The maximum atomic E-state index is 12.0. The molecule has 0 unspecified atom stereocenters. The van der Waals surface area contributed by atoms with Crippen LogP contribution in [-0.2, 0) is 0 Å². The minimum atomic E-state index is -0.522. The number of ketones is 1. The van der Waals surface area contributed by atoms with Crippen molar-refractivity contribution in [2.45, 2.75) is 6.92 Å². The lowest BCUT2D eigenvalue weighted by molar-refractivity contribution is -0.385. The Morgan fingerprint density at radius 1 is 1.29 bits per heavy atom. The van der Waals surface area contributed by atoms with E-state index < -0.39 is 4.92 Å². The number of ether oxygens (including phenoxy) is 1. The third-order valence-electron chi connectivity index (χ3n) is 2.82. The van der Waals surface area contributed by atoms with E-state index in [9.17, 15) is 14.9 Å². The molecule has 21 heavy (non-hydrogen) atoms. The molecule has 0 N–H and O–H groups in total. The molecule has 2 aromatic rings. The van der Waals surface area contributed by atoms with Crippen molar-refractivity contribution in [1.29, 1.82) is 0 Å². The smallest absolute Gasteiger partial charge is 0.311 e. The third-order valence-corrected chi connectivity index (χ3v) is 3.31. The van der Waals surface area contributed by atoms with Gasteiger partial charge in [-0.15, -0.1) is 0 Å². The molecule has 0 spiro atoms. The first-order valence-corrected chi connectivity index (χ1v) is 6.93. The van der Waals surface area contributed by atoms with Crippen molar-refractivity contribution in [2.75, 3.05) is 6.61 Å². The average molecular weight is 350 g/mol. The first kappa shape index (κ1) is 15.2. The number of nitro benzene ring substituents is 1. The van der Waals surface area contributed by atoms with Crippen molar-refractivity contribution in [3.8, 4) is 5.75 Å². The largest absolute Gasteiger partial charge is 0.478 e. The molecule has 0 amide bonds. The fourth-order valence-electron chi connectivity index (χ4n) is 1.78. The first-order chi connectivity index (χ1) is 9.97. The fraction of sp³-hybridized carbons (Fsp3) is 0.133. The first-order valence-electron chi connectivity index (χ1n) is 6.14. The van der Waals surface area contributed by atoms with Crippen LogP contribution in [0.25, 0.3) is 0 Å². The van der Waals surface area contributed by atoms with Gasteiger partial charge in [-0.3, -0.25) is 14.9 Å². The molecule has 5 nitrogen and oxygen atoms in total. The highest BCUT2D eigenvalue weighted by atomic mass is 79.9. The van der Waals surface area contributed by atoms with E-state index in [0.717, 1.165) is 10.0 Å². The van der Waals surface area contributed by atoms with Crippen LogP contribution in [0.1, 0.15) is 15.9 Å². The van der Waals surface area contributed by atoms with Crippen molar-refractivity contribution >= 4 is 27.4 Å². The number of aryl methyl sites for hydroxylation is 1. The van der Waals surface area contributed by atoms with Crippen LogP contribution < -0.4 is 4.74 Å². The lowest BCUT2D eigenvalue weighted by atomic mass is 10.1. The summed E-state index contributed by atoms with van der Waals surface area (Å²) in [5.74, 6) is -0.153. The van der Waals surface area contributed by atoms with Crippen LogP contribution >= 0.6 is 15.9 Å². The van der Waals surface area contributed by atoms with Crippen LogP contribution in [0.5, 0.6) is 5.75 Å². The molecule has 0 aromatic heterocycles. The van der Waals surface area contributed by atoms with Gasteiger partial charge in [0, 0.05) is 16.1 Å². The number of nitrogens with zero attached hydrogens (tertiary/aromatic N) is 1. The second kappa shape index (κ2) is 6.49. The number of benzene rings is 2. The van der Waals surface area contributed by atoms with Crippen LogP contribution in [0.3, 0.4) is 0 Å². The normalized spacial score (nSPS) is 10.2. The summed E-state index contributed by atoms with van der Waals surface area (Å²) in [4.78, 5) is 22.4. The van der Waals surface area contributed by atoms with Crippen LogP contribution in [-0.4, -0.2) is 17.3 Å². The molecule has 0 atom stereocenters. The topological polar surface area (TPSA) is 69.4 Å². The molecule has 6 heteroatoms. The van der Waals surface area contributed by atoms with Crippen LogP contribution in [0.15, 0.2) is 46.9 Å². The summed E-state index contributed by atoms with van der Waals surface area (Å²) in [5, 5.41) is 11.0. The molecule has 2 aromatic carbocycles. The van der Waals surface area contributed by atoms with Gasteiger partial charge in [-0.05, 0) is 30.7 Å². The number of Topliss-reactive ketones (excluding diaryl/α,β-unsaturated/α-hetero) is 1. The van der Waals surface area contributed by atoms with Gasteiger partial charge in [0.2, 0.25) is 0 Å². The fourth-order valence-corrected chi connectivity index (χ4v) is 2.18. The van der Waals surface area contributed by atoms with Gasteiger partial charge in [-0.2, -0.15) is 0 Å². The zero-order chi connectivity index (χ0) is 15.4. The molecule has 0 fully saturated rings. The number of nitro groups is 1. The van der Waals surface area contributed by atoms with Crippen molar-refractivity contribution < 1.29 is 14.5 Å². The van der Waals surface area contributed by atoms with E-state index in [2.05, 4.69) is 15.9 Å². The number of hydrogen-bond acceptors (Lipinski definition) is 4. The Balaban J connectivity index is 2.13. The Morgan fingerprint density at radius 2 is 2.05 bits per heavy atom. The monoisotopic (exact) mass is 349 g/mol. The molecule has 0 saturated carbocycles. The molecular weight excluding hydrogens is 338 g/mol. The lowest BCUT2D eigenvalue weighted by Crippen LogP contribution is -2.12. The van der Waals surface area contributed by atoms with Crippen molar-refractivity contribution in [3.63, 3.8) is 0 Å². The summed E-state index contributed by atoms with van der Waals surface area (Å²) in [6.07, 6.45) is 0. The molecule has 0 aliphatic carbocycles. The third kappa shape index (κ3) is 3.88. The standard InChI is InChI=1S/C15H12BrNO4/c1-10-5-6-15(13(7-10)17(19)20)21-9-14(18)11-3-2-4-12(16)8-11/h2-8H,9H2,1H3. The minimum absolute atomic E-state index is 0.0916. The van der Waals surface area contributed by atoms with E-state index >= 15 is 0 Å². The Labute approximate surface area is 129 Å². The SMILES string of the molecule is Cc1ccc(OCC(=O)c2cccc(Br)c2)c([N+](=O)[O-])c1. The highest BCUT2D eigenvalue weighted by Gasteiger charge is 2.16. The average Bonchev–Trinajstić information content (AvgIpc) is 2.45. The molecule has 2 rings (SSSR count). The number of rotatable bonds is 5. The Morgan fingerprint density at radius 3 is 2.71 bits per heavy atom. The van der Waals surface area contributed by atoms with Crippen molar-refractivity contribution in [3.05, 3.63) is 68.2 Å². The van der Waals surface area contributed by atoms with E-state index in [1.54, 1.807) is 31.2 Å². The second-order valence-corrected chi connectivity index (χ2v) is 5.37. The maximum Gasteiger partial charge on any atom is 0.311 e. The summed E-state index contributed by atoms with van der Waals surface area (Å²) in [7, 11) is 0. The Hall–Kier alpha value is -2.21. The summed E-state index contributed by atoms with van der Waals surface area (Å²) in [6, 6.07) is 11.5. The summed E-state index contributed by atoms with van der Waals surface area (Å²) in [6.45, 7) is 1.50. The summed E-state index contributed by atoms with van der Waals surface area (Å²) in [5.41, 5.74) is 1.10. The van der Waals surface area contributed by atoms with Crippen LogP contribution in [0.4, 0.5) is 5.69 Å². The van der Waals surface area contributed by atoms with Gasteiger partial charge in [-0.1, -0.05) is 34.1 Å². The van der Waals surface area contributed by atoms with Gasteiger partial charge in [0.05, 0.1) is 4.92 Å². The molecule has 0 bridgehead atoms. The number of carbonyl (C=O) groups excluding carboxylic acids is 1. The summed E-state index contributed by atoms with van der Waals surface area (Å²) >= 11 is 3.28. The highest BCUT2D eigenvalue weighted by Crippen LogP contribution is 2.27. The van der Waals surface area contributed by atoms with Gasteiger partial charge in [0.1, 0.15) is 0 Å². The molecule has 0 aliphatic rings. The van der Waals surface area contributed by atoms with Gasteiger partial charge in [-0.25, -0.2) is 0 Å². The van der Waals surface area contributed by atoms with E-state index in [4.69, 9.17) is 4.74 Å². The van der Waals surface area contributed by atoms with Gasteiger partial charge >= 0.3 is 5.69 Å². The van der Waals surface area contributed by atoms with E-state index in [1.165, 1.54) is 12.1 Å². The maximum absolute atomic E-state index is 12.0. The number of halogens is 1. The Kier molecular flexibility index (Phi) is 4.70. The summed E-state index contributed by atoms with van der Waals surface area (Å²) < 4.78 is 6.09. The molecule has 0 heterocycles. The second-order valence-electron chi connectivity index (χ2n) is 4.45. The van der Waals surface area contributed by atoms with E-state index in [0.29, 0.717) is 5.56 Å². The zero-order valence-corrected chi connectivity index (χ0v) is 12.8. The van der Waals surface area contributed by atoms with Crippen LogP contribution in [0, 0.1) is 17.0 Å². The van der Waals surface area contributed by atoms with Gasteiger partial charge in [0.15, 0.2) is 18.1 Å². The predicted molar refractivity (Wildman–Crippen MR) is 81.8 cm³/mol. The quantitative estimate of drug-likeness (QED) is 0.465. The van der Waals surface area contributed by atoms with Crippen molar-refractivity contribution in [1.82, 2.24) is 0 Å². The van der Waals surface area contributed by atoms with Gasteiger partial charge < -0.3 is 4.74 Å². The minimum Gasteiger partial charge on any atom is -0.478 e. The molecule has 0 saturated heterocycles. The number of hydrogen-bond donors (Lipinski definition) is 0. The molecule has 108 valence electrons. The molecular formula is C15H12BrNO4. The zero-order valence-electron chi connectivity index (χ0n) is 11.2. The molecule has 0 aliphatic heterocycles. The molecule has 0 radical (unpaired) electrons. The van der Waals surface area contributed by atoms with Crippen LogP contribution in [0.2, 0.25) is 0 Å². The van der Waals surface area contributed by atoms with Crippen molar-refractivity contribution in [2.24, 2.45) is 0 Å². The van der Waals surface area contributed by atoms with E-state index in [1.807, 2.05) is 6.07 Å². The highest BCUT2D eigenvalue weighted by molar-refractivity contribution is 9.10.